The Morgan fingerprint density at radius 2 is 2.20 bits per heavy atom. The Labute approximate surface area is 148 Å². The molecule has 2 heterocycles. The number of morpholine rings is 1. The van der Waals surface area contributed by atoms with Crippen LogP contribution in [0.25, 0.3) is 0 Å². The van der Waals surface area contributed by atoms with Gasteiger partial charge in [0.2, 0.25) is 0 Å². The van der Waals surface area contributed by atoms with Crippen LogP contribution < -0.4 is 10.2 Å². The van der Waals surface area contributed by atoms with Gasteiger partial charge in [0.1, 0.15) is 5.01 Å². The van der Waals surface area contributed by atoms with Crippen molar-refractivity contribution in [3.8, 4) is 0 Å². The standard InChI is InChI=1S/C16H18N4O4S/c1-11-10-25-15(18-11)9-17-16(21)13-8-12(20(22)23)2-3-14(13)19-4-6-24-7-5-19/h2-3,8,10H,4-7,9H2,1H3,(H,17,21). The molecule has 1 fully saturated rings. The number of nitrogens with zero attached hydrogens (tertiary/aromatic N) is 3. The van der Waals surface area contributed by atoms with Crippen LogP contribution in [-0.2, 0) is 11.3 Å². The molecule has 0 radical (unpaired) electrons. The molecule has 1 aliphatic heterocycles. The highest BCUT2D eigenvalue weighted by Crippen LogP contribution is 2.26. The fourth-order valence-electron chi connectivity index (χ4n) is 2.63. The van der Waals surface area contributed by atoms with E-state index in [4.69, 9.17) is 4.74 Å². The number of carbonyl (C=O) groups is 1. The van der Waals surface area contributed by atoms with Gasteiger partial charge in [-0.1, -0.05) is 0 Å². The van der Waals surface area contributed by atoms with Crippen LogP contribution >= 0.6 is 11.3 Å². The SMILES string of the molecule is Cc1csc(CNC(=O)c2cc([N+](=O)[O-])ccc2N2CCOCC2)n1. The van der Waals surface area contributed by atoms with Crippen molar-refractivity contribution in [2.45, 2.75) is 13.5 Å². The number of amides is 1. The molecule has 132 valence electrons. The van der Waals surface area contributed by atoms with Gasteiger partial charge in [-0.2, -0.15) is 0 Å². The smallest absolute Gasteiger partial charge is 0.270 e. The lowest BCUT2D eigenvalue weighted by Crippen LogP contribution is -2.38. The molecule has 1 aromatic heterocycles. The van der Waals surface area contributed by atoms with Crippen LogP contribution in [-0.4, -0.2) is 42.1 Å². The molecular formula is C16H18N4O4S. The maximum atomic E-state index is 12.6. The maximum Gasteiger partial charge on any atom is 0.270 e. The van der Waals surface area contributed by atoms with Crippen molar-refractivity contribution in [1.82, 2.24) is 10.3 Å². The summed E-state index contributed by atoms with van der Waals surface area (Å²) in [6, 6.07) is 4.38. The molecule has 9 heteroatoms. The van der Waals surface area contributed by atoms with E-state index in [0.717, 1.165) is 10.7 Å². The van der Waals surface area contributed by atoms with E-state index in [-0.39, 0.29) is 11.6 Å². The molecule has 1 aliphatic rings. The molecule has 0 aliphatic carbocycles. The van der Waals surface area contributed by atoms with Gasteiger partial charge in [0.05, 0.1) is 35.9 Å². The van der Waals surface area contributed by atoms with Gasteiger partial charge in [-0.15, -0.1) is 11.3 Å². The van der Waals surface area contributed by atoms with Crippen LogP contribution in [0.2, 0.25) is 0 Å². The number of nitrogens with one attached hydrogen (secondary N) is 1. The first-order valence-corrected chi connectivity index (χ1v) is 8.73. The average Bonchev–Trinajstić information content (AvgIpc) is 3.05. The van der Waals surface area contributed by atoms with E-state index in [1.54, 1.807) is 6.07 Å². The minimum Gasteiger partial charge on any atom is -0.378 e. The van der Waals surface area contributed by atoms with Crippen molar-refractivity contribution >= 4 is 28.6 Å². The van der Waals surface area contributed by atoms with Gasteiger partial charge in [-0.25, -0.2) is 4.98 Å². The number of ether oxygens (including phenoxy) is 1. The van der Waals surface area contributed by atoms with Crippen LogP contribution in [0.5, 0.6) is 0 Å². The molecule has 1 saturated heterocycles. The van der Waals surface area contributed by atoms with Crippen LogP contribution in [0, 0.1) is 17.0 Å². The molecule has 2 aromatic rings. The number of benzene rings is 1. The molecule has 0 atom stereocenters. The fourth-order valence-corrected chi connectivity index (χ4v) is 3.35. The maximum absolute atomic E-state index is 12.6. The van der Waals surface area contributed by atoms with Crippen LogP contribution in [0.15, 0.2) is 23.6 Å². The number of nitro benzene ring substituents is 1. The number of thiazole rings is 1. The van der Waals surface area contributed by atoms with Crippen molar-refractivity contribution in [3.05, 3.63) is 50.0 Å². The van der Waals surface area contributed by atoms with Crippen molar-refractivity contribution in [2.24, 2.45) is 0 Å². The number of hydrogen-bond acceptors (Lipinski definition) is 7. The van der Waals surface area contributed by atoms with Crippen molar-refractivity contribution < 1.29 is 14.5 Å². The Morgan fingerprint density at radius 1 is 1.44 bits per heavy atom. The molecular weight excluding hydrogens is 344 g/mol. The van der Waals surface area contributed by atoms with E-state index in [9.17, 15) is 14.9 Å². The number of rotatable bonds is 5. The summed E-state index contributed by atoms with van der Waals surface area (Å²) in [5.74, 6) is -0.349. The number of non-ortho nitro benzene ring substituents is 1. The van der Waals surface area contributed by atoms with Gasteiger partial charge in [-0.3, -0.25) is 14.9 Å². The highest BCUT2D eigenvalue weighted by Gasteiger charge is 2.22. The highest BCUT2D eigenvalue weighted by molar-refractivity contribution is 7.09. The second kappa shape index (κ2) is 7.58. The van der Waals surface area contributed by atoms with Gasteiger partial charge < -0.3 is 15.0 Å². The van der Waals surface area contributed by atoms with E-state index in [1.165, 1.54) is 23.5 Å². The quantitative estimate of drug-likeness (QED) is 0.646. The Kier molecular flexibility index (Phi) is 5.25. The second-order valence-electron chi connectivity index (χ2n) is 5.62. The molecule has 0 spiro atoms. The Hall–Kier alpha value is -2.52. The number of carbonyl (C=O) groups excluding carboxylic acids is 1. The molecule has 1 amide bonds. The molecule has 0 saturated carbocycles. The first-order valence-electron chi connectivity index (χ1n) is 7.85. The predicted molar refractivity (Wildman–Crippen MR) is 94.1 cm³/mol. The van der Waals surface area contributed by atoms with Gasteiger partial charge in [-0.05, 0) is 13.0 Å². The van der Waals surface area contributed by atoms with E-state index >= 15 is 0 Å². The number of anilines is 1. The monoisotopic (exact) mass is 362 g/mol. The van der Waals surface area contributed by atoms with E-state index in [1.807, 2.05) is 17.2 Å². The molecule has 8 nitrogen and oxygen atoms in total. The lowest BCUT2D eigenvalue weighted by atomic mass is 10.1. The lowest BCUT2D eigenvalue weighted by molar-refractivity contribution is -0.384. The third-order valence-corrected chi connectivity index (χ3v) is 4.82. The van der Waals surface area contributed by atoms with E-state index < -0.39 is 4.92 Å². The van der Waals surface area contributed by atoms with Crippen LogP contribution in [0.1, 0.15) is 21.1 Å². The summed E-state index contributed by atoms with van der Waals surface area (Å²) in [6.45, 7) is 4.60. The number of aryl methyl sites for hydroxylation is 1. The molecule has 0 bridgehead atoms. The van der Waals surface area contributed by atoms with Crippen molar-refractivity contribution in [1.29, 1.82) is 0 Å². The first-order chi connectivity index (χ1) is 12.0. The zero-order valence-electron chi connectivity index (χ0n) is 13.7. The summed E-state index contributed by atoms with van der Waals surface area (Å²) >= 11 is 1.47. The lowest BCUT2D eigenvalue weighted by Gasteiger charge is -2.30. The normalized spacial score (nSPS) is 14.4. The third kappa shape index (κ3) is 4.12. The zero-order chi connectivity index (χ0) is 17.8. The summed E-state index contributed by atoms with van der Waals surface area (Å²) in [4.78, 5) is 29.5. The fraction of sp³-hybridized carbons (Fsp3) is 0.375. The van der Waals surface area contributed by atoms with Crippen molar-refractivity contribution in [2.75, 3.05) is 31.2 Å². The Bertz CT molecular complexity index is 786. The Balaban J connectivity index is 1.83. The molecule has 25 heavy (non-hydrogen) atoms. The minimum absolute atomic E-state index is 0.104. The van der Waals surface area contributed by atoms with E-state index in [2.05, 4.69) is 10.3 Å². The van der Waals surface area contributed by atoms with Crippen molar-refractivity contribution in [3.63, 3.8) is 0 Å². The van der Waals surface area contributed by atoms with Gasteiger partial charge >= 0.3 is 0 Å². The van der Waals surface area contributed by atoms with Gasteiger partial charge in [0, 0.05) is 36.3 Å². The van der Waals surface area contributed by atoms with E-state index in [0.29, 0.717) is 44.1 Å². The average molecular weight is 362 g/mol. The molecule has 3 rings (SSSR count). The number of nitro groups is 1. The van der Waals surface area contributed by atoms with Gasteiger partial charge in [0.25, 0.3) is 11.6 Å². The predicted octanol–water partition coefficient (Wildman–Crippen LogP) is 2.13. The summed E-state index contributed by atoms with van der Waals surface area (Å²) in [6.07, 6.45) is 0. The topological polar surface area (TPSA) is 97.6 Å². The first kappa shape index (κ1) is 17.3. The second-order valence-corrected chi connectivity index (χ2v) is 6.57. The molecule has 0 unspecified atom stereocenters. The van der Waals surface area contributed by atoms with Gasteiger partial charge in [0.15, 0.2) is 0 Å². The zero-order valence-corrected chi connectivity index (χ0v) is 14.5. The summed E-state index contributed by atoms with van der Waals surface area (Å²) < 4.78 is 5.33. The molecule has 1 aromatic carbocycles. The van der Waals surface area contributed by atoms with Crippen LogP contribution in [0.4, 0.5) is 11.4 Å². The Morgan fingerprint density at radius 3 is 2.84 bits per heavy atom. The third-order valence-electron chi connectivity index (χ3n) is 3.85. The highest BCUT2D eigenvalue weighted by atomic mass is 32.1. The summed E-state index contributed by atoms with van der Waals surface area (Å²) in [5.41, 5.74) is 1.77. The number of aromatic nitrogens is 1. The summed E-state index contributed by atoms with van der Waals surface area (Å²) in [5, 5.41) is 16.6. The largest absolute Gasteiger partial charge is 0.378 e. The minimum atomic E-state index is -0.496. The summed E-state index contributed by atoms with van der Waals surface area (Å²) in [7, 11) is 0. The molecule has 1 N–H and O–H groups in total. The van der Waals surface area contributed by atoms with Crippen LogP contribution in [0.3, 0.4) is 0 Å². The number of hydrogen-bond donors (Lipinski definition) is 1.